The first-order valence-electron chi connectivity index (χ1n) is 9.44. The molecule has 1 N–H and O–H groups in total. The molecule has 0 aliphatic carbocycles. The molecule has 1 aromatic carbocycles. The molecule has 1 saturated heterocycles. The highest BCUT2D eigenvalue weighted by Gasteiger charge is 2.27. The number of nitrogens with one attached hydrogen (secondary N) is 1. The van der Waals surface area contributed by atoms with Gasteiger partial charge in [0.15, 0.2) is 0 Å². The molecule has 0 saturated carbocycles. The second kappa shape index (κ2) is 8.30. The Morgan fingerprint density at radius 1 is 1.15 bits per heavy atom. The van der Waals surface area contributed by atoms with Crippen molar-refractivity contribution >= 4 is 6.03 Å². The van der Waals surface area contributed by atoms with E-state index in [1.807, 2.05) is 42.3 Å². The summed E-state index contributed by atoms with van der Waals surface area (Å²) in [5.74, 6) is 1.56. The van der Waals surface area contributed by atoms with Crippen molar-refractivity contribution < 1.29 is 4.79 Å². The zero-order valence-corrected chi connectivity index (χ0v) is 15.9. The first-order chi connectivity index (χ1) is 12.5. The number of nitrogens with zero attached hydrogens (tertiary/aromatic N) is 3. The van der Waals surface area contributed by atoms with Gasteiger partial charge < -0.3 is 10.2 Å². The normalized spacial score (nSPS) is 16.5. The van der Waals surface area contributed by atoms with Crippen LogP contribution >= 0.6 is 0 Å². The molecule has 1 aliphatic heterocycles. The Morgan fingerprint density at radius 3 is 2.46 bits per heavy atom. The number of aromatic nitrogens is 2. The van der Waals surface area contributed by atoms with E-state index >= 15 is 0 Å². The predicted molar refractivity (Wildman–Crippen MR) is 103 cm³/mol. The lowest BCUT2D eigenvalue weighted by molar-refractivity contribution is 0.174. The van der Waals surface area contributed by atoms with Gasteiger partial charge in [-0.1, -0.05) is 44.2 Å². The van der Waals surface area contributed by atoms with Crippen LogP contribution in [0.15, 0.2) is 42.6 Å². The van der Waals surface area contributed by atoms with E-state index in [-0.39, 0.29) is 12.1 Å². The fourth-order valence-electron chi connectivity index (χ4n) is 3.60. The monoisotopic (exact) mass is 352 g/mol. The molecule has 2 aromatic rings. The molecule has 1 fully saturated rings. The first-order valence-corrected chi connectivity index (χ1v) is 9.44. The number of carbonyl (C=O) groups is 1. The maximum absolute atomic E-state index is 12.8. The van der Waals surface area contributed by atoms with E-state index in [9.17, 15) is 4.79 Å². The summed E-state index contributed by atoms with van der Waals surface area (Å²) in [6, 6.07) is 12.3. The average Bonchev–Trinajstić information content (AvgIpc) is 2.66. The molecule has 26 heavy (non-hydrogen) atoms. The molecule has 5 heteroatoms. The fraction of sp³-hybridized carbons (Fsp3) is 0.476. The van der Waals surface area contributed by atoms with Crippen LogP contribution in [0.3, 0.4) is 0 Å². The second-order valence-electron chi connectivity index (χ2n) is 7.37. The summed E-state index contributed by atoms with van der Waals surface area (Å²) in [6.45, 7) is 7.73. The molecule has 5 nitrogen and oxygen atoms in total. The molecule has 2 amide bonds. The summed E-state index contributed by atoms with van der Waals surface area (Å²) in [7, 11) is 0. The Labute approximate surface area is 155 Å². The van der Waals surface area contributed by atoms with E-state index < -0.39 is 0 Å². The zero-order valence-electron chi connectivity index (χ0n) is 15.9. The van der Waals surface area contributed by atoms with Crippen LogP contribution in [0.1, 0.15) is 55.7 Å². The Balaban J connectivity index is 1.59. The number of hydrogen-bond acceptors (Lipinski definition) is 3. The van der Waals surface area contributed by atoms with Crippen LogP contribution in [0.4, 0.5) is 4.79 Å². The molecule has 0 bridgehead atoms. The first kappa shape index (κ1) is 18.4. The van der Waals surface area contributed by atoms with E-state index in [1.54, 1.807) is 0 Å². The van der Waals surface area contributed by atoms with Gasteiger partial charge in [0.05, 0.1) is 6.04 Å². The third-order valence-electron chi connectivity index (χ3n) is 5.10. The number of likely N-dealkylation sites (tertiary alicyclic amines) is 1. The third-order valence-corrected chi connectivity index (χ3v) is 5.10. The summed E-state index contributed by atoms with van der Waals surface area (Å²) in [5, 5.41) is 3.23. The minimum Gasteiger partial charge on any atom is -0.331 e. The van der Waals surface area contributed by atoms with Crippen LogP contribution < -0.4 is 5.32 Å². The van der Waals surface area contributed by atoms with Gasteiger partial charge in [-0.15, -0.1) is 0 Å². The summed E-state index contributed by atoms with van der Waals surface area (Å²) in [4.78, 5) is 23.4. The lowest BCUT2D eigenvalue weighted by atomic mass is 9.93. The Bertz CT molecular complexity index is 724. The minimum absolute atomic E-state index is 0.0323. The van der Waals surface area contributed by atoms with Crippen LogP contribution in [-0.4, -0.2) is 34.0 Å². The largest absolute Gasteiger partial charge is 0.331 e. The topological polar surface area (TPSA) is 58.1 Å². The van der Waals surface area contributed by atoms with Crippen LogP contribution in [0.25, 0.3) is 0 Å². The van der Waals surface area contributed by atoms with Gasteiger partial charge in [0, 0.05) is 30.9 Å². The van der Waals surface area contributed by atoms with Crippen molar-refractivity contribution in [3.05, 3.63) is 59.7 Å². The molecule has 0 unspecified atom stereocenters. The van der Waals surface area contributed by atoms with E-state index in [2.05, 4.69) is 41.3 Å². The van der Waals surface area contributed by atoms with E-state index in [4.69, 9.17) is 0 Å². The van der Waals surface area contributed by atoms with Gasteiger partial charge in [-0.05, 0) is 37.3 Å². The van der Waals surface area contributed by atoms with E-state index in [0.717, 1.165) is 43.0 Å². The van der Waals surface area contributed by atoms with Gasteiger partial charge in [-0.25, -0.2) is 14.8 Å². The molecule has 138 valence electrons. The summed E-state index contributed by atoms with van der Waals surface area (Å²) in [6.07, 6.45) is 3.72. The molecule has 1 aromatic heterocycles. The smallest absolute Gasteiger partial charge is 0.317 e. The second-order valence-corrected chi connectivity index (χ2v) is 7.37. The van der Waals surface area contributed by atoms with Gasteiger partial charge in [0.25, 0.3) is 0 Å². The molecular weight excluding hydrogens is 324 g/mol. The lowest BCUT2D eigenvalue weighted by Gasteiger charge is -2.34. The number of amides is 2. The Kier molecular flexibility index (Phi) is 5.86. The minimum atomic E-state index is 0.0323. The van der Waals surface area contributed by atoms with Crippen LogP contribution in [-0.2, 0) is 0 Å². The average molecular weight is 352 g/mol. The Hall–Kier alpha value is -2.43. The standard InChI is InChI=1S/C21H28N4O/c1-15(2)20(18-7-5-4-6-8-18)24-21(26)25-13-10-17(11-14-25)19-9-12-22-16(3)23-19/h4-9,12,15,17,20H,10-11,13-14H2,1-3H3,(H,24,26)/t20-/m1/s1. The highest BCUT2D eigenvalue weighted by Crippen LogP contribution is 2.27. The number of hydrogen-bond donors (Lipinski definition) is 1. The number of aryl methyl sites for hydroxylation is 1. The Morgan fingerprint density at radius 2 is 1.85 bits per heavy atom. The zero-order chi connectivity index (χ0) is 18.5. The van der Waals surface area contributed by atoms with Gasteiger partial charge in [-0.3, -0.25) is 0 Å². The van der Waals surface area contributed by atoms with Crippen molar-refractivity contribution in [1.82, 2.24) is 20.2 Å². The van der Waals surface area contributed by atoms with Crippen molar-refractivity contribution in [3.63, 3.8) is 0 Å². The van der Waals surface area contributed by atoms with Crippen LogP contribution in [0, 0.1) is 12.8 Å². The highest BCUT2D eigenvalue weighted by molar-refractivity contribution is 5.75. The summed E-state index contributed by atoms with van der Waals surface area (Å²) >= 11 is 0. The molecule has 3 rings (SSSR count). The molecule has 2 heterocycles. The number of piperidine rings is 1. The lowest BCUT2D eigenvalue weighted by Crippen LogP contribution is -2.46. The number of rotatable bonds is 4. The summed E-state index contributed by atoms with van der Waals surface area (Å²) in [5.41, 5.74) is 2.25. The van der Waals surface area contributed by atoms with Gasteiger partial charge >= 0.3 is 6.03 Å². The van der Waals surface area contributed by atoms with Crippen molar-refractivity contribution in [1.29, 1.82) is 0 Å². The summed E-state index contributed by atoms with van der Waals surface area (Å²) < 4.78 is 0. The van der Waals surface area contributed by atoms with Crippen molar-refractivity contribution in [2.45, 2.75) is 45.6 Å². The molecule has 1 atom stereocenters. The maximum Gasteiger partial charge on any atom is 0.317 e. The van der Waals surface area contributed by atoms with Gasteiger partial charge in [-0.2, -0.15) is 0 Å². The SMILES string of the molecule is Cc1nccc(C2CCN(C(=O)N[C@@H](c3ccccc3)C(C)C)CC2)n1. The van der Waals surface area contributed by atoms with Crippen LogP contribution in [0.2, 0.25) is 0 Å². The molecular formula is C21H28N4O. The quantitative estimate of drug-likeness (QED) is 0.902. The van der Waals surface area contributed by atoms with Crippen molar-refractivity contribution in [2.24, 2.45) is 5.92 Å². The number of carbonyl (C=O) groups excluding carboxylic acids is 1. The maximum atomic E-state index is 12.8. The van der Waals surface area contributed by atoms with E-state index in [1.165, 1.54) is 0 Å². The van der Waals surface area contributed by atoms with Crippen molar-refractivity contribution in [2.75, 3.05) is 13.1 Å². The number of benzene rings is 1. The third kappa shape index (κ3) is 4.40. The van der Waals surface area contributed by atoms with Crippen molar-refractivity contribution in [3.8, 4) is 0 Å². The fourth-order valence-corrected chi connectivity index (χ4v) is 3.60. The van der Waals surface area contributed by atoms with E-state index in [0.29, 0.717) is 11.8 Å². The van der Waals surface area contributed by atoms with Gasteiger partial charge in [0.1, 0.15) is 5.82 Å². The predicted octanol–water partition coefficient (Wildman–Crippen LogP) is 4.07. The molecule has 1 aliphatic rings. The number of urea groups is 1. The van der Waals surface area contributed by atoms with Crippen LogP contribution in [0.5, 0.6) is 0 Å². The molecule has 0 spiro atoms. The van der Waals surface area contributed by atoms with Gasteiger partial charge in [0.2, 0.25) is 0 Å². The molecule has 0 radical (unpaired) electrons. The highest BCUT2D eigenvalue weighted by atomic mass is 16.2.